The first kappa shape index (κ1) is 14.1. The summed E-state index contributed by atoms with van der Waals surface area (Å²) in [5.74, 6) is 0.608. The lowest BCUT2D eigenvalue weighted by atomic mass is 10.0. The van der Waals surface area contributed by atoms with E-state index in [4.69, 9.17) is 4.74 Å². The number of amides is 1. The van der Waals surface area contributed by atoms with Crippen LogP contribution in [-0.2, 0) is 0 Å². The third kappa shape index (κ3) is 3.38. The highest BCUT2D eigenvalue weighted by Crippen LogP contribution is 2.32. The molecule has 20 heavy (non-hydrogen) atoms. The SMILES string of the molecule is Cc1cccc(-c2ccccc2)c1OC(=O)NC(C)C. The zero-order valence-corrected chi connectivity index (χ0v) is 12.0. The van der Waals surface area contributed by atoms with Gasteiger partial charge in [0.25, 0.3) is 0 Å². The van der Waals surface area contributed by atoms with Crippen molar-refractivity contribution in [3.8, 4) is 16.9 Å². The highest BCUT2D eigenvalue weighted by Gasteiger charge is 2.13. The molecule has 1 amide bonds. The van der Waals surface area contributed by atoms with E-state index < -0.39 is 6.09 Å². The summed E-state index contributed by atoms with van der Waals surface area (Å²) in [7, 11) is 0. The molecule has 3 nitrogen and oxygen atoms in total. The molecule has 0 saturated carbocycles. The minimum Gasteiger partial charge on any atom is -0.409 e. The lowest BCUT2D eigenvalue weighted by Gasteiger charge is -2.14. The molecule has 0 aliphatic rings. The number of para-hydroxylation sites is 1. The number of benzene rings is 2. The van der Waals surface area contributed by atoms with Gasteiger partial charge in [0.05, 0.1) is 0 Å². The predicted molar refractivity (Wildman–Crippen MR) is 80.9 cm³/mol. The fraction of sp³-hybridized carbons (Fsp3) is 0.235. The van der Waals surface area contributed by atoms with E-state index in [2.05, 4.69) is 5.32 Å². The molecule has 1 N–H and O–H groups in total. The van der Waals surface area contributed by atoms with E-state index in [9.17, 15) is 4.79 Å². The summed E-state index contributed by atoms with van der Waals surface area (Å²) >= 11 is 0. The fourth-order valence-corrected chi connectivity index (χ4v) is 1.99. The smallest absolute Gasteiger partial charge is 0.409 e. The van der Waals surface area contributed by atoms with Gasteiger partial charge in [-0.05, 0) is 31.9 Å². The van der Waals surface area contributed by atoms with E-state index in [1.807, 2.05) is 69.3 Å². The molecule has 0 aliphatic heterocycles. The Morgan fingerprint density at radius 2 is 1.75 bits per heavy atom. The minimum atomic E-state index is -0.425. The van der Waals surface area contributed by atoms with Gasteiger partial charge in [0.15, 0.2) is 0 Å². The molecular formula is C17H19NO2. The van der Waals surface area contributed by atoms with Crippen LogP contribution in [0.4, 0.5) is 4.79 Å². The number of carbonyl (C=O) groups is 1. The van der Waals surface area contributed by atoms with Gasteiger partial charge in [0, 0.05) is 11.6 Å². The number of rotatable bonds is 3. The van der Waals surface area contributed by atoms with Crippen molar-refractivity contribution in [3.05, 3.63) is 54.1 Å². The van der Waals surface area contributed by atoms with Crippen LogP contribution in [-0.4, -0.2) is 12.1 Å². The van der Waals surface area contributed by atoms with Gasteiger partial charge in [0.2, 0.25) is 0 Å². The molecule has 3 heteroatoms. The van der Waals surface area contributed by atoms with Crippen LogP contribution >= 0.6 is 0 Å². The van der Waals surface area contributed by atoms with Crippen LogP contribution < -0.4 is 10.1 Å². The molecule has 0 unspecified atom stereocenters. The Labute approximate surface area is 119 Å². The molecule has 0 aromatic heterocycles. The second kappa shape index (κ2) is 6.24. The van der Waals surface area contributed by atoms with Crippen LogP contribution in [0.15, 0.2) is 48.5 Å². The van der Waals surface area contributed by atoms with Gasteiger partial charge in [-0.25, -0.2) is 4.79 Å². The Kier molecular flexibility index (Phi) is 4.41. The summed E-state index contributed by atoms with van der Waals surface area (Å²) in [6.07, 6.45) is -0.425. The molecule has 0 bridgehead atoms. The van der Waals surface area contributed by atoms with E-state index in [0.717, 1.165) is 16.7 Å². The van der Waals surface area contributed by atoms with Crippen LogP contribution in [0.2, 0.25) is 0 Å². The number of hydrogen-bond donors (Lipinski definition) is 1. The quantitative estimate of drug-likeness (QED) is 0.908. The number of hydrogen-bond acceptors (Lipinski definition) is 2. The summed E-state index contributed by atoms with van der Waals surface area (Å²) < 4.78 is 5.49. The van der Waals surface area contributed by atoms with Crippen molar-refractivity contribution in [1.29, 1.82) is 0 Å². The van der Waals surface area contributed by atoms with Gasteiger partial charge in [-0.15, -0.1) is 0 Å². The zero-order valence-electron chi connectivity index (χ0n) is 12.0. The van der Waals surface area contributed by atoms with E-state index in [0.29, 0.717) is 5.75 Å². The van der Waals surface area contributed by atoms with Gasteiger partial charge in [-0.1, -0.05) is 48.5 Å². The number of nitrogens with one attached hydrogen (secondary N) is 1. The normalized spacial score (nSPS) is 10.4. The Balaban J connectivity index is 2.35. The monoisotopic (exact) mass is 269 g/mol. The molecule has 0 atom stereocenters. The van der Waals surface area contributed by atoms with E-state index in [1.54, 1.807) is 0 Å². The summed E-state index contributed by atoms with van der Waals surface area (Å²) in [5.41, 5.74) is 2.89. The topological polar surface area (TPSA) is 38.3 Å². The van der Waals surface area contributed by atoms with Gasteiger partial charge >= 0.3 is 6.09 Å². The molecule has 104 valence electrons. The predicted octanol–water partition coefficient (Wildman–Crippen LogP) is 4.16. The highest BCUT2D eigenvalue weighted by molar-refractivity contribution is 5.78. The largest absolute Gasteiger partial charge is 0.412 e. The van der Waals surface area contributed by atoms with E-state index >= 15 is 0 Å². The van der Waals surface area contributed by atoms with Crippen LogP contribution in [0.3, 0.4) is 0 Å². The van der Waals surface area contributed by atoms with Crippen LogP contribution in [0.1, 0.15) is 19.4 Å². The Morgan fingerprint density at radius 1 is 1.05 bits per heavy atom. The molecule has 0 saturated heterocycles. The molecule has 0 heterocycles. The summed E-state index contributed by atoms with van der Waals surface area (Å²) in [6, 6.07) is 15.8. The first-order chi connectivity index (χ1) is 9.58. The van der Waals surface area contributed by atoms with Crippen molar-refractivity contribution in [2.45, 2.75) is 26.8 Å². The van der Waals surface area contributed by atoms with Crippen molar-refractivity contribution in [2.24, 2.45) is 0 Å². The first-order valence-electron chi connectivity index (χ1n) is 6.71. The van der Waals surface area contributed by atoms with Crippen molar-refractivity contribution < 1.29 is 9.53 Å². The van der Waals surface area contributed by atoms with Gasteiger partial charge in [-0.3, -0.25) is 0 Å². The van der Waals surface area contributed by atoms with Crippen LogP contribution in [0, 0.1) is 6.92 Å². The number of ether oxygens (including phenoxy) is 1. The lowest BCUT2D eigenvalue weighted by Crippen LogP contribution is -2.33. The summed E-state index contributed by atoms with van der Waals surface area (Å²) in [6.45, 7) is 5.73. The second-order valence-corrected chi connectivity index (χ2v) is 5.01. The molecule has 2 rings (SSSR count). The van der Waals surface area contributed by atoms with E-state index in [1.165, 1.54) is 0 Å². The average Bonchev–Trinajstić information content (AvgIpc) is 2.41. The summed E-state index contributed by atoms with van der Waals surface area (Å²) in [4.78, 5) is 11.8. The summed E-state index contributed by atoms with van der Waals surface area (Å²) in [5, 5.41) is 2.74. The molecule has 0 spiro atoms. The maximum atomic E-state index is 11.8. The van der Waals surface area contributed by atoms with Crippen molar-refractivity contribution in [3.63, 3.8) is 0 Å². The third-order valence-corrected chi connectivity index (χ3v) is 2.90. The molecular weight excluding hydrogens is 250 g/mol. The Bertz CT molecular complexity index is 591. The molecule has 0 radical (unpaired) electrons. The van der Waals surface area contributed by atoms with Gasteiger partial charge < -0.3 is 10.1 Å². The molecule has 0 fully saturated rings. The zero-order chi connectivity index (χ0) is 14.5. The van der Waals surface area contributed by atoms with Crippen molar-refractivity contribution in [1.82, 2.24) is 5.32 Å². The molecule has 2 aromatic carbocycles. The molecule has 2 aromatic rings. The van der Waals surface area contributed by atoms with Gasteiger partial charge in [-0.2, -0.15) is 0 Å². The minimum absolute atomic E-state index is 0.0479. The maximum Gasteiger partial charge on any atom is 0.412 e. The Morgan fingerprint density at radius 3 is 2.40 bits per heavy atom. The van der Waals surface area contributed by atoms with Crippen LogP contribution in [0.25, 0.3) is 11.1 Å². The van der Waals surface area contributed by atoms with Crippen molar-refractivity contribution in [2.75, 3.05) is 0 Å². The van der Waals surface area contributed by atoms with Crippen LogP contribution in [0.5, 0.6) is 5.75 Å². The van der Waals surface area contributed by atoms with Gasteiger partial charge in [0.1, 0.15) is 5.75 Å². The number of carbonyl (C=O) groups excluding carboxylic acids is 1. The first-order valence-corrected chi connectivity index (χ1v) is 6.71. The third-order valence-electron chi connectivity index (χ3n) is 2.90. The fourth-order valence-electron chi connectivity index (χ4n) is 1.99. The maximum absolute atomic E-state index is 11.8. The van der Waals surface area contributed by atoms with Crippen molar-refractivity contribution >= 4 is 6.09 Å². The lowest BCUT2D eigenvalue weighted by molar-refractivity contribution is 0.197. The number of aryl methyl sites for hydroxylation is 1. The Hall–Kier alpha value is -2.29. The standard InChI is InChI=1S/C17H19NO2/c1-12(2)18-17(19)20-16-13(3)8-7-11-15(16)14-9-5-4-6-10-14/h4-12H,1-3H3,(H,18,19). The van der Waals surface area contributed by atoms with E-state index in [-0.39, 0.29) is 6.04 Å². The average molecular weight is 269 g/mol. The highest BCUT2D eigenvalue weighted by atomic mass is 16.6. The molecule has 0 aliphatic carbocycles. The second-order valence-electron chi connectivity index (χ2n) is 5.01.